The van der Waals surface area contributed by atoms with E-state index in [2.05, 4.69) is 15.2 Å². The summed E-state index contributed by atoms with van der Waals surface area (Å²) in [6.07, 6.45) is 4.23. The van der Waals surface area contributed by atoms with E-state index in [0.29, 0.717) is 25.1 Å². The molecular weight excluding hydrogens is 340 g/mol. The van der Waals surface area contributed by atoms with Gasteiger partial charge in [0.15, 0.2) is 0 Å². The predicted molar refractivity (Wildman–Crippen MR) is 102 cm³/mol. The first kappa shape index (κ1) is 17.7. The Morgan fingerprint density at radius 2 is 2.00 bits per heavy atom. The van der Waals surface area contributed by atoms with E-state index in [4.69, 9.17) is 0 Å². The van der Waals surface area contributed by atoms with Crippen LogP contribution >= 0.6 is 0 Å². The van der Waals surface area contributed by atoms with Crippen molar-refractivity contribution in [2.45, 2.75) is 18.5 Å². The minimum Gasteiger partial charge on any atom is -0.348 e. The molecule has 1 N–H and O–H groups in total. The first-order valence-electron chi connectivity index (χ1n) is 9.21. The number of carbonyl (C=O) groups excluding carboxylic acids is 2. The van der Waals surface area contributed by atoms with Crippen molar-refractivity contribution in [1.82, 2.24) is 20.1 Å². The number of rotatable bonds is 3. The molecule has 3 heterocycles. The second-order valence-corrected chi connectivity index (χ2v) is 7.75. The smallest absolute Gasteiger partial charge is 0.252 e. The summed E-state index contributed by atoms with van der Waals surface area (Å²) in [5.74, 6) is -0.294. The molecule has 0 unspecified atom stereocenters. The third kappa shape index (κ3) is 3.21. The molecule has 2 aliphatic rings. The van der Waals surface area contributed by atoms with E-state index < -0.39 is 5.54 Å². The highest BCUT2D eigenvalue weighted by molar-refractivity contribution is 5.98. The van der Waals surface area contributed by atoms with Crippen molar-refractivity contribution in [1.29, 1.82) is 0 Å². The van der Waals surface area contributed by atoms with Crippen LogP contribution in [0.15, 0.2) is 48.8 Å². The molecule has 4 rings (SSSR count). The van der Waals surface area contributed by atoms with Gasteiger partial charge in [0.05, 0.1) is 11.5 Å². The molecule has 0 radical (unpaired) electrons. The van der Waals surface area contributed by atoms with Crippen molar-refractivity contribution in [3.8, 4) is 0 Å². The highest BCUT2D eigenvalue weighted by Crippen LogP contribution is 2.36. The Morgan fingerprint density at radius 1 is 1.26 bits per heavy atom. The molecule has 0 aliphatic carbocycles. The van der Waals surface area contributed by atoms with Gasteiger partial charge in [0, 0.05) is 51.7 Å². The molecule has 140 valence electrons. The summed E-state index contributed by atoms with van der Waals surface area (Å²) in [5.41, 5.74) is 2.32. The summed E-state index contributed by atoms with van der Waals surface area (Å²) in [7, 11) is 3.56. The summed E-state index contributed by atoms with van der Waals surface area (Å²) in [6, 6.07) is 11.7. The highest BCUT2D eigenvalue weighted by Gasteiger charge is 2.53. The molecular formula is C21H24N4O2. The van der Waals surface area contributed by atoms with Gasteiger partial charge in [-0.05, 0) is 35.7 Å². The lowest BCUT2D eigenvalue weighted by Crippen LogP contribution is -2.61. The predicted octanol–water partition coefficient (Wildman–Crippen LogP) is 1.33. The number of nitrogens with one attached hydrogen (secondary N) is 1. The summed E-state index contributed by atoms with van der Waals surface area (Å²) in [5, 5.41) is 3.21. The maximum absolute atomic E-state index is 13.0. The van der Waals surface area contributed by atoms with Crippen molar-refractivity contribution in [2.75, 3.05) is 27.2 Å². The molecule has 0 bridgehead atoms. The fourth-order valence-corrected chi connectivity index (χ4v) is 4.38. The second kappa shape index (κ2) is 6.78. The van der Waals surface area contributed by atoms with Crippen molar-refractivity contribution >= 4 is 11.8 Å². The third-order valence-corrected chi connectivity index (χ3v) is 5.64. The van der Waals surface area contributed by atoms with Crippen LogP contribution in [0, 0.1) is 5.92 Å². The zero-order valence-corrected chi connectivity index (χ0v) is 15.7. The van der Waals surface area contributed by atoms with Gasteiger partial charge in [-0.2, -0.15) is 0 Å². The Balaban J connectivity index is 1.66. The molecule has 2 aromatic rings. The fourth-order valence-electron chi connectivity index (χ4n) is 4.38. The molecule has 1 fully saturated rings. The fraction of sp³-hybridized carbons (Fsp3) is 0.381. The maximum Gasteiger partial charge on any atom is 0.252 e. The topological polar surface area (TPSA) is 65.5 Å². The Labute approximate surface area is 159 Å². The monoisotopic (exact) mass is 364 g/mol. The van der Waals surface area contributed by atoms with Crippen LogP contribution in [0.2, 0.25) is 0 Å². The summed E-state index contributed by atoms with van der Waals surface area (Å²) in [4.78, 5) is 33.7. The zero-order valence-electron chi connectivity index (χ0n) is 15.7. The molecule has 6 heteroatoms. The average molecular weight is 364 g/mol. The number of aromatic nitrogens is 1. The van der Waals surface area contributed by atoms with Crippen molar-refractivity contribution in [3.05, 3.63) is 65.5 Å². The molecule has 1 saturated heterocycles. The molecule has 2 aliphatic heterocycles. The molecule has 2 atom stereocenters. The first-order chi connectivity index (χ1) is 13.0. The molecule has 1 spiro atoms. The Hall–Kier alpha value is -2.73. The van der Waals surface area contributed by atoms with E-state index in [0.717, 1.165) is 17.7 Å². The first-order valence-corrected chi connectivity index (χ1v) is 9.21. The average Bonchev–Trinajstić information content (AvgIpc) is 2.98. The van der Waals surface area contributed by atoms with E-state index in [1.165, 1.54) is 0 Å². The molecule has 0 saturated carbocycles. The van der Waals surface area contributed by atoms with Crippen molar-refractivity contribution in [3.63, 3.8) is 0 Å². The minimum absolute atomic E-state index is 0.0620. The number of carbonyl (C=O) groups is 2. The highest BCUT2D eigenvalue weighted by atomic mass is 16.2. The number of nitrogens with zero attached hydrogens (tertiary/aromatic N) is 3. The number of benzene rings is 1. The molecule has 1 aromatic carbocycles. The van der Waals surface area contributed by atoms with E-state index in [1.54, 1.807) is 31.4 Å². The van der Waals surface area contributed by atoms with Gasteiger partial charge in [0.1, 0.15) is 0 Å². The van der Waals surface area contributed by atoms with E-state index >= 15 is 0 Å². The standard InChI is InChI=1S/C21H24N4O2/c1-24(2)20(27)18-13-25(12-15-7-9-22-10-8-15)14-21(18)11-16-5-3-4-6-17(16)19(26)23-21/h3-10,18H,11-14H2,1-2H3,(H,23,26)/t18-,21+/m0/s1. The van der Waals surface area contributed by atoms with E-state index in [1.807, 2.05) is 36.4 Å². The van der Waals surface area contributed by atoms with Gasteiger partial charge in [0.25, 0.3) is 5.91 Å². The minimum atomic E-state index is -0.570. The van der Waals surface area contributed by atoms with Crippen molar-refractivity contribution in [2.24, 2.45) is 5.92 Å². The van der Waals surface area contributed by atoms with Crippen LogP contribution in [-0.2, 0) is 17.8 Å². The largest absolute Gasteiger partial charge is 0.348 e. The van der Waals surface area contributed by atoms with Gasteiger partial charge in [-0.1, -0.05) is 18.2 Å². The van der Waals surface area contributed by atoms with Gasteiger partial charge >= 0.3 is 0 Å². The van der Waals surface area contributed by atoms with Crippen molar-refractivity contribution < 1.29 is 9.59 Å². The molecule has 2 amide bonds. The summed E-state index contributed by atoms with van der Waals surface area (Å²) < 4.78 is 0. The molecule has 6 nitrogen and oxygen atoms in total. The molecule has 27 heavy (non-hydrogen) atoms. The number of hydrogen-bond donors (Lipinski definition) is 1. The number of amides is 2. The van der Waals surface area contributed by atoms with Crippen LogP contribution < -0.4 is 5.32 Å². The second-order valence-electron chi connectivity index (χ2n) is 7.75. The van der Waals surface area contributed by atoms with E-state index in [-0.39, 0.29) is 17.7 Å². The Kier molecular flexibility index (Phi) is 4.44. The molecule has 1 aromatic heterocycles. The van der Waals surface area contributed by atoms with Crippen LogP contribution in [0.3, 0.4) is 0 Å². The Morgan fingerprint density at radius 3 is 2.74 bits per heavy atom. The lowest BCUT2D eigenvalue weighted by atomic mass is 9.77. The normalized spacial score (nSPS) is 24.5. The SMILES string of the molecule is CN(C)C(=O)[C@@H]1CN(Cc2ccncc2)C[C@]12Cc1ccccc1C(=O)N2. The Bertz CT molecular complexity index is 867. The van der Waals surface area contributed by atoms with Gasteiger partial charge in [0.2, 0.25) is 5.91 Å². The van der Waals surface area contributed by atoms with Gasteiger partial charge in [-0.3, -0.25) is 19.5 Å². The lowest BCUT2D eigenvalue weighted by molar-refractivity contribution is -0.134. The van der Waals surface area contributed by atoms with Crippen LogP contribution in [0.5, 0.6) is 0 Å². The van der Waals surface area contributed by atoms with E-state index in [9.17, 15) is 9.59 Å². The van der Waals surface area contributed by atoms with Crippen LogP contribution in [0.1, 0.15) is 21.5 Å². The quantitative estimate of drug-likeness (QED) is 0.892. The van der Waals surface area contributed by atoms with Crippen LogP contribution in [-0.4, -0.2) is 59.3 Å². The third-order valence-electron chi connectivity index (χ3n) is 5.64. The lowest BCUT2D eigenvalue weighted by Gasteiger charge is -2.40. The summed E-state index contributed by atoms with van der Waals surface area (Å²) >= 11 is 0. The van der Waals surface area contributed by atoms with Gasteiger partial charge in [-0.15, -0.1) is 0 Å². The number of pyridine rings is 1. The van der Waals surface area contributed by atoms with Crippen LogP contribution in [0.4, 0.5) is 0 Å². The van der Waals surface area contributed by atoms with Gasteiger partial charge in [-0.25, -0.2) is 0 Å². The maximum atomic E-state index is 13.0. The summed E-state index contributed by atoms with van der Waals surface area (Å²) in [6.45, 7) is 2.01. The van der Waals surface area contributed by atoms with Crippen LogP contribution in [0.25, 0.3) is 0 Å². The zero-order chi connectivity index (χ0) is 19.0. The number of likely N-dealkylation sites (tertiary alicyclic amines) is 1. The number of hydrogen-bond acceptors (Lipinski definition) is 4. The number of fused-ring (bicyclic) bond motifs is 1. The van der Waals surface area contributed by atoms with Gasteiger partial charge < -0.3 is 10.2 Å².